The number of hydrogen-bond donors (Lipinski definition) is 1. The Bertz CT molecular complexity index is 1450. The molecule has 0 radical (unpaired) electrons. The molecule has 1 fully saturated rings. The Balaban J connectivity index is 1.51. The van der Waals surface area contributed by atoms with Gasteiger partial charge in [-0.3, -0.25) is 9.78 Å². The van der Waals surface area contributed by atoms with E-state index in [-0.39, 0.29) is 39.9 Å². The number of aromatic nitrogens is 2. The highest BCUT2D eigenvalue weighted by molar-refractivity contribution is 7.90. The molecule has 1 N–H and O–H groups in total. The van der Waals surface area contributed by atoms with Crippen LogP contribution in [0.2, 0.25) is 0 Å². The summed E-state index contributed by atoms with van der Waals surface area (Å²) in [5.74, 6) is -0.0466. The topological polar surface area (TPSA) is 87.5 Å². The molecule has 11 heteroatoms. The molecule has 1 aromatic carbocycles. The van der Waals surface area contributed by atoms with E-state index in [0.29, 0.717) is 12.1 Å². The zero-order chi connectivity index (χ0) is 28.9. The largest absolute Gasteiger partial charge is 0.385 e. The van der Waals surface area contributed by atoms with Crippen LogP contribution in [-0.2, 0) is 21.4 Å². The quantitative estimate of drug-likeness (QED) is 0.347. The lowest BCUT2D eigenvalue weighted by Gasteiger charge is -2.36. The van der Waals surface area contributed by atoms with Gasteiger partial charge >= 0.3 is 0 Å². The van der Waals surface area contributed by atoms with Crippen molar-refractivity contribution in [2.75, 3.05) is 26.0 Å². The van der Waals surface area contributed by atoms with Gasteiger partial charge < -0.3 is 15.1 Å². The molecule has 0 bridgehead atoms. The minimum absolute atomic E-state index is 0.00603. The summed E-state index contributed by atoms with van der Waals surface area (Å²) in [5, 5.41) is 3.24. The van der Waals surface area contributed by atoms with Gasteiger partial charge in [-0.2, -0.15) is 0 Å². The monoisotopic (exact) mass is 587 g/mol. The number of halogens is 2. The summed E-state index contributed by atoms with van der Waals surface area (Å²) in [5.41, 5.74) is 1.94. The van der Waals surface area contributed by atoms with Gasteiger partial charge in [-0.1, -0.05) is 12.1 Å². The summed E-state index contributed by atoms with van der Waals surface area (Å²) >= 11 is 6.27. The lowest BCUT2D eigenvalue weighted by Crippen LogP contribution is -2.43. The average molecular weight is 588 g/mol. The van der Waals surface area contributed by atoms with Gasteiger partial charge in [0.15, 0.2) is 0 Å². The van der Waals surface area contributed by atoms with Crippen molar-refractivity contribution in [2.24, 2.45) is 5.92 Å². The fourth-order valence-corrected chi connectivity index (χ4v) is 6.33. The van der Waals surface area contributed by atoms with E-state index in [2.05, 4.69) is 15.2 Å². The summed E-state index contributed by atoms with van der Waals surface area (Å²) in [6.07, 6.45) is 7.59. The van der Waals surface area contributed by atoms with Crippen molar-refractivity contribution in [1.82, 2.24) is 24.1 Å². The normalized spacial score (nSPS) is 14.9. The first-order valence-electron chi connectivity index (χ1n) is 13.2. The van der Waals surface area contributed by atoms with Gasteiger partial charge in [-0.15, -0.1) is 11.6 Å². The first kappa shape index (κ1) is 29.6. The van der Waals surface area contributed by atoms with Crippen LogP contribution in [-0.4, -0.2) is 65.1 Å². The number of pyridine rings is 1. The first-order chi connectivity index (χ1) is 19.1. The van der Waals surface area contributed by atoms with E-state index in [9.17, 15) is 17.6 Å². The van der Waals surface area contributed by atoms with Crippen LogP contribution in [0.3, 0.4) is 0 Å². The Kier molecular flexibility index (Phi) is 9.52. The van der Waals surface area contributed by atoms with Crippen LogP contribution < -0.4 is 5.32 Å². The van der Waals surface area contributed by atoms with Gasteiger partial charge in [-0.25, -0.2) is 16.8 Å². The molecular weight excluding hydrogens is 553 g/mol. The number of nitrogens with zero attached hydrogens (tertiary/aromatic N) is 4. The van der Waals surface area contributed by atoms with E-state index < -0.39 is 15.8 Å². The second-order valence-corrected chi connectivity index (χ2v) is 12.2. The summed E-state index contributed by atoms with van der Waals surface area (Å²) in [4.78, 5) is 20.6. The van der Waals surface area contributed by atoms with Crippen LogP contribution in [0.25, 0.3) is 11.3 Å². The predicted molar refractivity (Wildman–Crippen MR) is 154 cm³/mol. The number of benzene rings is 1. The molecule has 0 aliphatic carbocycles. The molecule has 2 aromatic heterocycles. The number of carbonyl (C=O) groups excluding carboxylic acids is 1. The van der Waals surface area contributed by atoms with Gasteiger partial charge in [-0.05, 0) is 62.6 Å². The van der Waals surface area contributed by atoms with Crippen LogP contribution in [0.15, 0.2) is 77.8 Å². The SMILES string of the molecule is CC(C)N(C)C(=O)C1CCN(/C(=C\NCc2cc(-c3ccccc3F)n(S(=O)(=O)c3cccnc3)c2)CCl)CC1. The smallest absolute Gasteiger partial charge is 0.269 e. The first-order valence-corrected chi connectivity index (χ1v) is 15.2. The Hall–Kier alpha value is -3.37. The van der Waals surface area contributed by atoms with Crippen molar-refractivity contribution in [3.63, 3.8) is 0 Å². The standard InChI is InChI=1S/C29H35ClFN5O3S/c1-21(2)34(3)29(37)23-10-13-35(14-11-23)24(16-30)18-33-17-22-15-28(26-8-4-5-9-27(26)31)36(20-22)40(38,39)25-7-6-12-32-19-25/h4-9,12,15,18-21,23,33H,10-11,13-14,16-17H2,1-3H3/b24-18-. The fraction of sp³-hybridized carbons (Fsp3) is 0.379. The summed E-state index contributed by atoms with van der Waals surface area (Å²) in [6, 6.07) is 10.9. The number of piperidine rings is 1. The third kappa shape index (κ3) is 6.50. The highest BCUT2D eigenvalue weighted by atomic mass is 35.5. The van der Waals surface area contributed by atoms with Crippen LogP contribution in [0.5, 0.6) is 0 Å². The molecule has 1 aliphatic heterocycles. The molecule has 0 unspecified atom stereocenters. The second kappa shape index (κ2) is 12.9. The van der Waals surface area contributed by atoms with E-state index in [1.54, 1.807) is 35.2 Å². The Morgan fingerprint density at radius 2 is 1.95 bits per heavy atom. The van der Waals surface area contributed by atoms with Gasteiger partial charge in [0.2, 0.25) is 5.91 Å². The second-order valence-electron chi connectivity index (χ2n) is 10.2. The maximum atomic E-state index is 14.7. The molecule has 3 aromatic rings. The average Bonchev–Trinajstić information content (AvgIpc) is 3.40. The summed E-state index contributed by atoms with van der Waals surface area (Å²) in [6.45, 7) is 5.76. The van der Waals surface area contributed by atoms with E-state index in [1.165, 1.54) is 30.7 Å². The molecule has 8 nitrogen and oxygen atoms in total. The zero-order valence-corrected chi connectivity index (χ0v) is 24.5. The maximum Gasteiger partial charge on any atom is 0.269 e. The molecule has 0 saturated carbocycles. The Labute approximate surface area is 240 Å². The van der Waals surface area contributed by atoms with Crippen LogP contribution >= 0.6 is 11.6 Å². The van der Waals surface area contributed by atoms with Gasteiger partial charge in [0.05, 0.1) is 11.6 Å². The van der Waals surface area contributed by atoms with Crippen molar-refractivity contribution in [1.29, 1.82) is 0 Å². The molecule has 0 atom stereocenters. The number of likely N-dealkylation sites (tertiary alicyclic amines) is 1. The molecule has 0 spiro atoms. The van der Waals surface area contributed by atoms with E-state index in [0.717, 1.165) is 35.6 Å². The van der Waals surface area contributed by atoms with Crippen molar-refractivity contribution in [2.45, 2.75) is 44.2 Å². The molecule has 1 amide bonds. The third-order valence-corrected chi connectivity index (χ3v) is 9.20. The van der Waals surface area contributed by atoms with Gasteiger partial charge in [0.1, 0.15) is 10.7 Å². The molecule has 214 valence electrons. The van der Waals surface area contributed by atoms with Crippen molar-refractivity contribution < 1.29 is 17.6 Å². The molecular formula is C29H35ClFN5O3S. The fourth-order valence-electron chi connectivity index (χ4n) is 4.73. The maximum absolute atomic E-state index is 14.7. The van der Waals surface area contributed by atoms with E-state index in [4.69, 9.17) is 11.6 Å². The van der Waals surface area contributed by atoms with Crippen molar-refractivity contribution >= 4 is 27.5 Å². The number of alkyl halides is 1. The number of amides is 1. The number of hydrogen-bond acceptors (Lipinski definition) is 6. The molecule has 4 rings (SSSR count). The number of carbonyl (C=O) groups is 1. The number of allylic oxidation sites excluding steroid dienone is 1. The third-order valence-electron chi connectivity index (χ3n) is 7.27. The molecule has 1 aliphatic rings. The lowest BCUT2D eigenvalue weighted by atomic mass is 9.94. The summed E-state index contributed by atoms with van der Waals surface area (Å²) in [7, 11) is -2.17. The van der Waals surface area contributed by atoms with Crippen LogP contribution in [0.1, 0.15) is 32.3 Å². The Morgan fingerprint density at radius 3 is 2.58 bits per heavy atom. The van der Waals surface area contributed by atoms with Crippen LogP contribution in [0, 0.1) is 11.7 Å². The molecule has 3 heterocycles. The Morgan fingerprint density at radius 1 is 1.23 bits per heavy atom. The lowest BCUT2D eigenvalue weighted by molar-refractivity contribution is -0.137. The highest BCUT2D eigenvalue weighted by Crippen LogP contribution is 2.29. The minimum Gasteiger partial charge on any atom is -0.385 e. The van der Waals surface area contributed by atoms with E-state index in [1.807, 2.05) is 27.1 Å². The van der Waals surface area contributed by atoms with Gasteiger partial charge in [0, 0.05) is 74.7 Å². The van der Waals surface area contributed by atoms with Crippen molar-refractivity contribution in [3.05, 3.63) is 84.3 Å². The van der Waals surface area contributed by atoms with Gasteiger partial charge in [0.25, 0.3) is 10.0 Å². The predicted octanol–water partition coefficient (Wildman–Crippen LogP) is 4.67. The number of nitrogens with one attached hydrogen (secondary N) is 1. The molecule has 1 saturated heterocycles. The molecule has 40 heavy (non-hydrogen) atoms. The summed E-state index contributed by atoms with van der Waals surface area (Å²) < 4.78 is 42.8. The van der Waals surface area contributed by atoms with E-state index >= 15 is 0 Å². The highest BCUT2D eigenvalue weighted by Gasteiger charge is 2.29. The zero-order valence-electron chi connectivity index (χ0n) is 22.9. The van der Waals surface area contributed by atoms with Crippen molar-refractivity contribution in [3.8, 4) is 11.3 Å². The minimum atomic E-state index is -4.02. The number of rotatable bonds is 10. The van der Waals surface area contributed by atoms with Crippen LogP contribution in [0.4, 0.5) is 4.39 Å².